The van der Waals surface area contributed by atoms with Gasteiger partial charge in [0.25, 0.3) is 5.96 Å². The van der Waals surface area contributed by atoms with E-state index in [4.69, 9.17) is 16.2 Å². The van der Waals surface area contributed by atoms with E-state index < -0.39 is 23.1 Å². The number of nitrogens with zero attached hydrogens (tertiary/aromatic N) is 3. The predicted octanol–water partition coefficient (Wildman–Crippen LogP) is 0.560. The van der Waals surface area contributed by atoms with Gasteiger partial charge in [-0.1, -0.05) is 42.7 Å². The largest absolute Gasteiger partial charge is 0.459 e. The maximum Gasteiger partial charge on any atom is 0.329 e. The number of likely N-dealkylation sites (tertiary alicyclic amines) is 1. The van der Waals surface area contributed by atoms with Crippen molar-refractivity contribution in [3.63, 3.8) is 0 Å². The number of hydrogen-bond acceptors (Lipinski definition) is 7. The van der Waals surface area contributed by atoms with Crippen LogP contribution in [0.1, 0.15) is 38.2 Å². The van der Waals surface area contributed by atoms with E-state index in [0.717, 1.165) is 12.0 Å². The highest BCUT2D eigenvalue weighted by atomic mass is 16.7. The van der Waals surface area contributed by atoms with Gasteiger partial charge in [-0.25, -0.2) is 19.9 Å². The van der Waals surface area contributed by atoms with Gasteiger partial charge in [0, 0.05) is 13.1 Å². The second kappa shape index (κ2) is 11.8. The highest BCUT2D eigenvalue weighted by molar-refractivity contribution is 5.87. The molecule has 0 saturated carbocycles. The molecule has 0 aromatic heterocycles. The topological polar surface area (TPSA) is 166 Å². The number of nitrogens with two attached hydrogens (primary N) is 2. The SMILES string of the molecule is C[C@@H]1CCN(C(=O)[C@@H](N)CCCN=C(N)N[N+](=O)[O-])[C@@H](C(=O)OCc2ccccc2)C1. The lowest BCUT2D eigenvalue weighted by molar-refractivity contribution is -0.525. The van der Waals surface area contributed by atoms with Crippen molar-refractivity contribution in [2.24, 2.45) is 22.4 Å². The quantitative estimate of drug-likeness (QED) is 0.127. The minimum atomic E-state index is -0.808. The van der Waals surface area contributed by atoms with Crippen LogP contribution in [0.25, 0.3) is 0 Å². The zero-order valence-electron chi connectivity index (χ0n) is 17.6. The lowest BCUT2D eigenvalue weighted by Gasteiger charge is -2.38. The summed E-state index contributed by atoms with van der Waals surface area (Å²) in [7, 11) is 0. The number of rotatable bonds is 9. The maximum absolute atomic E-state index is 12.9. The summed E-state index contributed by atoms with van der Waals surface area (Å²) in [5.74, 6) is -0.759. The van der Waals surface area contributed by atoms with Crippen molar-refractivity contribution < 1.29 is 19.4 Å². The summed E-state index contributed by atoms with van der Waals surface area (Å²) in [4.78, 5) is 41.2. The average molecular weight is 434 g/mol. The summed E-state index contributed by atoms with van der Waals surface area (Å²) in [5, 5.41) is 9.47. The van der Waals surface area contributed by atoms with Gasteiger partial charge in [0.15, 0.2) is 5.03 Å². The first-order valence-corrected chi connectivity index (χ1v) is 10.3. The molecule has 1 aliphatic rings. The fraction of sp³-hybridized carbons (Fsp3) is 0.550. The van der Waals surface area contributed by atoms with Crippen LogP contribution in [0.15, 0.2) is 35.3 Å². The average Bonchev–Trinajstić information content (AvgIpc) is 2.74. The van der Waals surface area contributed by atoms with E-state index in [2.05, 4.69) is 4.99 Å². The molecule has 0 bridgehead atoms. The van der Waals surface area contributed by atoms with Crippen LogP contribution in [-0.4, -0.2) is 52.9 Å². The van der Waals surface area contributed by atoms with Crippen molar-refractivity contribution in [1.29, 1.82) is 0 Å². The first-order chi connectivity index (χ1) is 14.8. The Labute approximate surface area is 180 Å². The molecule has 0 radical (unpaired) electrons. The maximum atomic E-state index is 12.9. The van der Waals surface area contributed by atoms with Gasteiger partial charge in [-0.3, -0.25) is 4.79 Å². The van der Waals surface area contributed by atoms with Crippen molar-refractivity contribution in [3.05, 3.63) is 46.0 Å². The summed E-state index contributed by atoms with van der Waals surface area (Å²) in [6.07, 6.45) is 2.04. The Bertz CT molecular complexity index is 788. The number of piperidine rings is 1. The molecule has 1 heterocycles. The fourth-order valence-corrected chi connectivity index (χ4v) is 3.43. The lowest BCUT2D eigenvalue weighted by atomic mass is 9.91. The second-order valence-corrected chi connectivity index (χ2v) is 7.65. The molecular weight excluding hydrogens is 404 g/mol. The lowest BCUT2D eigenvalue weighted by Crippen LogP contribution is -2.55. The number of amides is 1. The van der Waals surface area contributed by atoms with Crippen LogP contribution in [0, 0.1) is 16.0 Å². The van der Waals surface area contributed by atoms with E-state index in [1.807, 2.05) is 37.3 Å². The molecule has 1 saturated heterocycles. The third-order valence-corrected chi connectivity index (χ3v) is 5.12. The third kappa shape index (κ3) is 7.85. The highest BCUT2D eigenvalue weighted by Gasteiger charge is 2.37. The number of esters is 1. The summed E-state index contributed by atoms with van der Waals surface area (Å²) < 4.78 is 5.47. The number of ether oxygens (including phenoxy) is 1. The minimum Gasteiger partial charge on any atom is -0.459 e. The molecule has 0 spiro atoms. The second-order valence-electron chi connectivity index (χ2n) is 7.65. The molecule has 1 amide bonds. The molecule has 31 heavy (non-hydrogen) atoms. The monoisotopic (exact) mass is 434 g/mol. The van der Waals surface area contributed by atoms with E-state index in [1.165, 1.54) is 4.90 Å². The van der Waals surface area contributed by atoms with Gasteiger partial charge in [0.1, 0.15) is 12.6 Å². The van der Waals surface area contributed by atoms with E-state index in [9.17, 15) is 19.7 Å². The number of aliphatic imine (C=N–C) groups is 1. The number of guanidine groups is 1. The minimum absolute atomic E-state index is 0.149. The van der Waals surface area contributed by atoms with Crippen LogP contribution in [-0.2, 0) is 20.9 Å². The van der Waals surface area contributed by atoms with Gasteiger partial charge in [-0.05, 0) is 37.2 Å². The molecule has 2 rings (SSSR count). The van der Waals surface area contributed by atoms with Crippen LogP contribution in [0.5, 0.6) is 0 Å². The molecule has 1 aromatic rings. The highest BCUT2D eigenvalue weighted by Crippen LogP contribution is 2.25. The third-order valence-electron chi connectivity index (χ3n) is 5.12. The van der Waals surface area contributed by atoms with Crippen LogP contribution in [0.4, 0.5) is 0 Å². The fourth-order valence-electron chi connectivity index (χ4n) is 3.43. The van der Waals surface area contributed by atoms with Gasteiger partial charge in [-0.2, -0.15) is 0 Å². The summed E-state index contributed by atoms with van der Waals surface area (Å²) in [6, 6.07) is 7.88. The standard InChI is InChI=1S/C20H30N6O5/c1-14-9-11-25(17(12-14)19(28)31-13-15-6-3-2-4-7-15)18(27)16(21)8-5-10-23-20(22)24-26(29)30/h2-4,6-7,14,16-17H,5,8-13,21H2,1H3,(H3,22,23,24)/t14-,16+,17-/m1/s1. The molecule has 170 valence electrons. The normalized spacial score (nSPS) is 20.1. The summed E-state index contributed by atoms with van der Waals surface area (Å²) >= 11 is 0. The van der Waals surface area contributed by atoms with Gasteiger partial charge in [-0.15, -0.1) is 0 Å². The number of benzene rings is 1. The van der Waals surface area contributed by atoms with Crippen molar-refractivity contribution >= 4 is 17.8 Å². The Morgan fingerprint density at radius 2 is 2.10 bits per heavy atom. The Hall–Kier alpha value is -3.21. The molecular formula is C20H30N6O5. The number of carbonyl (C=O) groups is 2. The molecule has 0 unspecified atom stereocenters. The van der Waals surface area contributed by atoms with E-state index in [1.54, 1.807) is 5.43 Å². The molecule has 1 aromatic carbocycles. The van der Waals surface area contributed by atoms with E-state index >= 15 is 0 Å². The number of nitro groups is 1. The van der Waals surface area contributed by atoms with Gasteiger partial charge < -0.3 is 21.1 Å². The van der Waals surface area contributed by atoms with Crippen molar-refractivity contribution in [2.75, 3.05) is 13.1 Å². The Kier molecular flexibility index (Phi) is 9.19. The van der Waals surface area contributed by atoms with Crippen molar-refractivity contribution in [3.8, 4) is 0 Å². The Morgan fingerprint density at radius 3 is 2.77 bits per heavy atom. The van der Waals surface area contributed by atoms with Crippen LogP contribution < -0.4 is 16.9 Å². The zero-order chi connectivity index (χ0) is 22.8. The number of hydrogen-bond donors (Lipinski definition) is 3. The molecule has 1 fully saturated rings. The first kappa shape index (κ1) is 24.1. The summed E-state index contributed by atoms with van der Waals surface area (Å²) in [6.45, 7) is 2.82. The molecule has 1 aliphatic heterocycles. The smallest absolute Gasteiger partial charge is 0.329 e. The molecule has 11 heteroatoms. The van der Waals surface area contributed by atoms with Gasteiger partial charge >= 0.3 is 5.97 Å². The Balaban J connectivity index is 1.90. The van der Waals surface area contributed by atoms with Crippen LogP contribution >= 0.6 is 0 Å². The molecule has 3 atom stereocenters. The number of hydrazine groups is 1. The van der Waals surface area contributed by atoms with Crippen LogP contribution in [0.3, 0.4) is 0 Å². The predicted molar refractivity (Wildman–Crippen MR) is 114 cm³/mol. The Morgan fingerprint density at radius 1 is 1.39 bits per heavy atom. The number of carbonyl (C=O) groups excluding carboxylic acids is 2. The van der Waals surface area contributed by atoms with E-state index in [-0.39, 0.29) is 25.0 Å². The van der Waals surface area contributed by atoms with Gasteiger partial charge in [0.05, 0.1) is 6.04 Å². The molecule has 0 aliphatic carbocycles. The van der Waals surface area contributed by atoms with Crippen molar-refractivity contribution in [1.82, 2.24) is 10.3 Å². The van der Waals surface area contributed by atoms with Crippen LogP contribution in [0.2, 0.25) is 0 Å². The van der Waals surface area contributed by atoms with Crippen molar-refractivity contribution in [2.45, 2.75) is 51.3 Å². The van der Waals surface area contributed by atoms with Gasteiger partial charge in [0.2, 0.25) is 5.91 Å². The zero-order valence-corrected chi connectivity index (χ0v) is 17.6. The molecule has 11 nitrogen and oxygen atoms in total. The van der Waals surface area contributed by atoms with E-state index in [0.29, 0.717) is 31.7 Å². The first-order valence-electron chi connectivity index (χ1n) is 10.3. The number of nitrogens with one attached hydrogen (secondary N) is 1. The summed E-state index contributed by atoms with van der Waals surface area (Å²) in [5.41, 5.74) is 14.0. The molecule has 5 N–H and O–H groups in total.